The second kappa shape index (κ2) is 8.21. The van der Waals surface area contributed by atoms with E-state index in [1.165, 1.54) is 19.5 Å². The van der Waals surface area contributed by atoms with Crippen molar-refractivity contribution in [2.45, 2.75) is 32.1 Å². The summed E-state index contributed by atoms with van der Waals surface area (Å²) in [5.74, 6) is 0.104. The first-order valence-electron chi connectivity index (χ1n) is 6.98. The van der Waals surface area contributed by atoms with Gasteiger partial charge in [-0.1, -0.05) is 0 Å². The van der Waals surface area contributed by atoms with E-state index >= 15 is 0 Å². The Kier molecular flexibility index (Phi) is 6.90. The number of hydrogen-bond donors (Lipinski definition) is 2. The zero-order chi connectivity index (χ0) is 13.3. The van der Waals surface area contributed by atoms with Crippen molar-refractivity contribution >= 4 is 12.2 Å². The van der Waals surface area contributed by atoms with Gasteiger partial charge in [-0.3, -0.25) is 4.79 Å². The molecule has 0 aromatic heterocycles. The molecule has 104 valence electrons. The fourth-order valence-corrected chi connectivity index (χ4v) is 2.47. The minimum Gasteiger partial charge on any atom is -0.350 e. The van der Waals surface area contributed by atoms with Crippen LogP contribution in [0.2, 0.25) is 0 Å². The number of aldehydes is 1. The monoisotopic (exact) mass is 256 g/mol. The number of amides is 1. The highest BCUT2D eigenvalue weighted by Gasteiger charge is 2.33. The van der Waals surface area contributed by atoms with Crippen LogP contribution >= 0.6 is 0 Å². The van der Waals surface area contributed by atoms with Crippen LogP contribution in [0.15, 0.2) is 0 Å². The van der Waals surface area contributed by atoms with Crippen molar-refractivity contribution in [2.75, 3.05) is 39.3 Å². The van der Waals surface area contributed by atoms with E-state index in [2.05, 4.69) is 5.32 Å². The molecule has 3 N–H and O–H groups in total. The van der Waals surface area contributed by atoms with Gasteiger partial charge in [-0.15, -0.1) is 0 Å². The third-order valence-electron chi connectivity index (χ3n) is 3.75. The predicted molar refractivity (Wildman–Crippen MR) is 70.9 cm³/mol. The number of nitrogens with one attached hydrogen (secondary N) is 1. The first-order chi connectivity index (χ1) is 8.72. The molecule has 0 bridgehead atoms. The number of rotatable bonds is 10. The average molecular weight is 256 g/mol. The molecule has 1 amide bonds. The maximum absolute atomic E-state index is 11.5. The standard InChI is InChI=1S/C13H25N3O2/c14-6-10-16(8-4-9-16)11-7-15-13(18)5-2-1-3-12-17/h12H,1-11,14H2/p+1. The molecule has 0 radical (unpaired) electrons. The van der Waals surface area contributed by atoms with E-state index < -0.39 is 0 Å². The second-order valence-corrected chi connectivity index (χ2v) is 5.14. The molecule has 0 atom stereocenters. The fraction of sp³-hybridized carbons (Fsp3) is 0.846. The van der Waals surface area contributed by atoms with Crippen molar-refractivity contribution in [1.82, 2.24) is 5.32 Å². The summed E-state index contributed by atoms with van der Waals surface area (Å²) in [6.07, 6.45) is 4.88. The van der Waals surface area contributed by atoms with E-state index in [4.69, 9.17) is 5.73 Å². The number of nitrogens with two attached hydrogens (primary N) is 1. The summed E-state index contributed by atoms with van der Waals surface area (Å²) in [5, 5.41) is 2.96. The van der Waals surface area contributed by atoms with Gasteiger partial charge < -0.3 is 20.3 Å². The summed E-state index contributed by atoms with van der Waals surface area (Å²) in [4.78, 5) is 21.6. The molecule has 1 aliphatic rings. The lowest BCUT2D eigenvalue weighted by Crippen LogP contribution is -2.61. The number of hydrogen-bond acceptors (Lipinski definition) is 3. The van der Waals surface area contributed by atoms with E-state index in [1.54, 1.807) is 0 Å². The van der Waals surface area contributed by atoms with Gasteiger partial charge in [0.2, 0.25) is 5.91 Å². The van der Waals surface area contributed by atoms with Gasteiger partial charge in [0.15, 0.2) is 0 Å². The molecule has 5 heteroatoms. The molecule has 1 fully saturated rings. The minimum absolute atomic E-state index is 0.104. The van der Waals surface area contributed by atoms with Gasteiger partial charge in [0.05, 0.1) is 32.7 Å². The van der Waals surface area contributed by atoms with Crippen LogP contribution in [0.25, 0.3) is 0 Å². The largest absolute Gasteiger partial charge is 0.350 e. The number of unbranched alkanes of at least 4 members (excludes halogenated alkanes) is 2. The maximum atomic E-state index is 11.5. The number of carbonyl (C=O) groups excluding carboxylic acids is 2. The summed E-state index contributed by atoms with van der Waals surface area (Å²) < 4.78 is 1.07. The van der Waals surface area contributed by atoms with Crippen molar-refractivity contribution in [1.29, 1.82) is 0 Å². The summed E-state index contributed by atoms with van der Waals surface area (Å²) in [6, 6.07) is 0. The number of quaternary nitrogens is 1. The van der Waals surface area contributed by atoms with Crippen molar-refractivity contribution in [3.05, 3.63) is 0 Å². The van der Waals surface area contributed by atoms with E-state index in [0.717, 1.165) is 49.8 Å². The lowest BCUT2D eigenvalue weighted by atomic mass is 10.1. The van der Waals surface area contributed by atoms with E-state index in [1.807, 2.05) is 0 Å². The Bertz CT molecular complexity index is 265. The first kappa shape index (κ1) is 15.1. The van der Waals surface area contributed by atoms with Crippen LogP contribution in [0.5, 0.6) is 0 Å². The van der Waals surface area contributed by atoms with Gasteiger partial charge in [0.1, 0.15) is 6.29 Å². The molecule has 1 heterocycles. The molecule has 5 nitrogen and oxygen atoms in total. The van der Waals surface area contributed by atoms with Crippen molar-refractivity contribution in [3.63, 3.8) is 0 Å². The highest BCUT2D eigenvalue weighted by Crippen LogP contribution is 2.18. The molecular formula is C13H26N3O2+. The average Bonchev–Trinajstić information content (AvgIpc) is 2.31. The topological polar surface area (TPSA) is 72.2 Å². The summed E-state index contributed by atoms with van der Waals surface area (Å²) in [6.45, 7) is 5.89. The Labute approximate surface area is 109 Å². The molecule has 1 aliphatic heterocycles. The van der Waals surface area contributed by atoms with Gasteiger partial charge in [-0.2, -0.15) is 0 Å². The summed E-state index contributed by atoms with van der Waals surface area (Å²) >= 11 is 0. The molecule has 0 unspecified atom stereocenters. The Morgan fingerprint density at radius 1 is 1.28 bits per heavy atom. The van der Waals surface area contributed by atoms with Crippen LogP contribution in [0.4, 0.5) is 0 Å². The predicted octanol–water partition coefficient (Wildman–Crippen LogP) is 0.0411. The number of likely N-dealkylation sites (tertiary alicyclic amines) is 1. The molecule has 1 rings (SSSR count). The fourth-order valence-electron chi connectivity index (χ4n) is 2.47. The molecule has 1 saturated heterocycles. The minimum atomic E-state index is 0.104. The molecule has 0 saturated carbocycles. The van der Waals surface area contributed by atoms with Gasteiger partial charge in [0, 0.05) is 25.8 Å². The maximum Gasteiger partial charge on any atom is 0.220 e. The van der Waals surface area contributed by atoms with Crippen molar-refractivity contribution < 1.29 is 14.1 Å². The molecule has 0 aliphatic carbocycles. The Balaban J connectivity index is 2.05. The summed E-state index contributed by atoms with van der Waals surface area (Å²) in [7, 11) is 0. The molecule has 0 spiro atoms. The van der Waals surface area contributed by atoms with Gasteiger partial charge in [-0.25, -0.2) is 0 Å². The number of carbonyl (C=O) groups is 2. The van der Waals surface area contributed by atoms with E-state index in [0.29, 0.717) is 12.8 Å². The van der Waals surface area contributed by atoms with Crippen LogP contribution in [0.3, 0.4) is 0 Å². The molecule has 0 aromatic rings. The van der Waals surface area contributed by atoms with Crippen LogP contribution in [-0.4, -0.2) is 55.9 Å². The Morgan fingerprint density at radius 3 is 2.61 bits per heavy atom. The van der Waals surface area contributed by atoms with E-state index in [9.17, 15) is 9.59 Å². The van der Waals surface area contributed by atoms with Gasteiger partial charge in [-0.05, 0) is 12.8 Å². The molecule has 0 aromatic carbocycles. The third kappa shape index (κ3) is 5.14. The lowest BCUT2D eigenvalue weighted by Gasteiger charge is -2.45. The summed E-state index contributed by atoms with van der Waals surface area (Å²) in [5.41, 5.74) is 5.62. The highest BCUT2D eigenvalue weighted by atomic mass is 16.1. The van der Waals surface area contributed by atoms with Crippen LogP contribution < -0.4 is 11.1 Å². The van der Waals surface area contributed by atoms with Crippen LogP contribution in [0.1, 0.15) is 32.1 Å². The normalized spacial score (nSPS) is 16.9. The lowest BCUT2D eigenvalue weighted by molar-refractivity contribution is -0.961. The van der Waals surface area contributed by atoms with Gasteiger partial charge in [0.25, 0.3) is 0 Å². The Hall–Kier alpha value is -0.940. The quantitative estimate of drug-likeness (QED) is 0.329. The highest BCUT2D eigenvalue weighted by molar-refractivity contribution is 5.75. The molecular weight excluding hydrogens is 230 g/mol. The first-order valence-corrected chi connectivity index (χ1v) is 6.98. The van der Waals surface area contributed by atoms with Crippen molar-refractivity contribution in [2.24, 2.45) is 5.73 Å². The number of nitrogens with zero attached hydrogens (tertiary/aromatic N) is 1. The van der Waals surface area contributed by atoms with Crippen LogP contribution in [-0.2, 0) is 9.59 Å². The third-order valence-corrected chi connectivity index (χ3v) is 3.75. The zero-order valence-corrected chi connectivity index (χ0v) is 11.2. The van der Waals surface area contributed by atoms with Gasteiger partial charge >= 0.3 is 0 Å². The van der Waals surface area contributed by atoms with E-state index in [-0.39, 0.29) is 5.91 Å². The molecule has 18 heavy (non-hydrogen) atoms. The zero-order valence-electron chi connectivity index (χ0n) is 11.2. The second-order valence-electron chi connectivity index (χ2n) is 5.14. The SMILES string of the molecule is NCC[N+]1(CCNC(=O)CCCCC=O)CCC1. The Morgan fingerprint density at radius 2 is 2.06 bits per heavy atom. The van der Waals surface area contributed by atoms with Crippen LogP contribution in [0, 0.1) is 0 Å². The smallest absolute Gasteiger partial charge is 0.220 e. The van der Waals surface area contributed by atoms with Crippen molar-refractivity contribution in [3.8, 4) is 0 Å².